The Morgan fingerprint density at radius 1 is 1.38 bits per heavy atom. The Kier molecular flexibility index (Phi) is 6.15. The first-order chi connectivity index (χ1) is 9.76. The van der Waals surface area contributed by atoms with Crippen molar-refractivity contribution in [1.82, 2.24) is 5.32 Å². The molecule has 4 nitrogen and oxygen atoms in total. The molecule has 5 heteroatoms. The first-order valence-corrected chi connectivity index (χ1v) is 7.28. The van der Waals surface area contributed by atoms with E-state index in [1.165, 1.54) is 6.07 Å². The van der Waals surface area contributed by atoms with E-state index in [-0.39, 0.29) is 24.3 Å². The third-order valence-electron chi connectivity index (χ3n) is 3.26. The van der Waals surface area contributed by atoms with Crippen LogP contribution in [0.5, 0.6) is 0 Å². The number of benzene rings is 1. The lowest BCUT2D eigenvalue weighted by molar-refractivity contribution is -0.120. The lowest BCUT2D eigenvalue weighted by atomic mass is 10.0. The lowest BCUT2D eigenvalue weighted by Crippen LogP contribution is -2.40. The summed E-state index contributed by atoms with van der Waals surface area (Å²) in [6, 6.07) is 3.10. The number of carbonyl (C=O) groups is 1. The molecule has 1 rings (SSSR count). The third-order valence-corrected chi connectivity index (χ3v) is 3.26. The fourth-order valence-electron chi connectivity index (χ4n) is 2.20. The Labute approximate surface area is 126 Å². The van der Waals surface area contributed by atoms with Crippen LogP contribution in [-0.4, -0.2) is 30.1 Å². The van der Waals surface area contributed by atoms with Gasteiger partial charge in [-0.3, -0.25) is 4.79 Å². The standard InChI is InChI=1S/C16H25FN2O2/c1-6-19(9-16(21)18-10(2)3)15-7-11(4)14(17)8-13(15)12(5)20/h7-8,10,12,20H,6,9H2,1-5H3,(H,18,21)/t12-/m0/s1. The lowest BCUT2D eigenvalue weighted by Gasteiger charge is -2.27. The van der Waals surface area contributed by atoms with Gasteiger partial charge in [0.2, 0.25) is 5.91 Å². The molecule has 0 spiro atoms. The molecule has 1 aromatic carbocycles. The highest BCUT2D eigenvalue weighted by Crippen LogP contribution is 2.29. The zero-order valence-corrected chi connectivity index (χ0v) is 13.4. The quantitative estimate of drug-likeness (QED) is 0.848. The Morgan fingerprint density at radius 2 is 2.00 bits per heavy atom. The summed E-state index contributed by atoms with van der Waals surface area (Å²) in [4.78, 5) is 13.8. The van der Waals surface area contributed by atoms with Crippen LogP contribution >= 0.6 is 0 Å². The van der Waals surface area contributed by atoms with Crippen molar-refractivity contribution in [2.24, 2.45) is 0 Å². The summed E-state index contributed by atoms with van der Waals surface area (Å²) in [5.41, 5.74) is 1.69. The normalized spacial score (nSPS) is 12.4. The zero-order chi connectivity index (χ0) is 16.2. The number of aliphatic hydroxyl groups excluding tert-OH is 1. The molecule has 0 saturated carbocycles. The predicted molar refractivity (Wildman–Crippen MR) is 82.9 cm³/mol. The number of nitrogens with zero attached hydrogens (tertiary/aromatic N) is 1. The number of hydrogen-bond donors (Lipinski definition) is 2. The maximum Gasteiger partial charge on any atom is 0.239 e. The summed E-state index contributed by atoms with van der Waals surface area (Å²) in [5.74, 6) is -0.442. The van der Waals surface area contributed by atoms with E-state index in [4.69, 9.17) is 0 Å². The van der Waals surface area contributed by atoms with Crippen molar-refractivity contribution < 1.29 is 14.3 Å². The van der Waals surface area contributed by atoms with Gasteiger partial charge in [-0.2, -0.15) is 0 Å². The maximum absolute atomic E-state index is 13.7. The van der Waals surface area contributed by atoms with Crippen LogP contribution in [0.1, 0.15) is 44.9 Å². The molecule has 0 fully saturated rings. The number of nitrogens with one attached hydrogen (secondary N) is 1. The van der Waals surface area contributed by atoms with Crippen molar-refractivity contribution in [2.75, 3.05) is 18.0 Å². The van der Waals surface area contributed by atoms with Crippen molar-refractivity contribution in [3.05, 3.63) is 29.1 Å². The van der Waals surface area contributed by atoms with Gasteiger partial charge in [-0.25, -0.2) is 4.39 Å². The average molecular weight is 296 g/mol. The van der Waals surface area contributed by atoms with E-state index in [2.05, 4.69) is 5.32 Å². The first-order valence-electron chi connectivity index (χ1n) is 7.28. The predicted octanol–water partition coefficient (Wildman–Crippen LogP) is 2.54. The third kappa shape index (κ3) is 4.70. The van der Waals surface area contributed by atoms with Crippen molar-refractivity contribution in [1.29, 1.82) is 0 Å². The molecule has 1 atom stereocenters. The van der Waals surface area contributed by atoms with E-state index in [0.717, 1.165) is 0 Å². The first kappa shape index (κ1) is 17.4. The smallest absolute Gasteiger partial charge is 0.239 e. The fraction of sp³-hybridized carbons (Fsp3) is 0.562. The summed E-state index contributed by atoms with van der Waals surface area (Å²) in [6.45, 7) is 9.76. The molecule has 118 valence electrons. The second-order valence-corrected chi connectivity index (χ2v) is 5.57. The van der Waals surface area contributed by atoms with Gasteiger partial charge in [0.25, 0.3) is 0 Å². The van der Waals surface area contributed by atoms with Crippen LogP contribution < -0.4 is 10.2 Å². The van der Waals surface area contributed by atoms with Crippen LogP contribution in [0.3, 0.4) is 0 Å². The van der Waals surface area contributed by atoms with Gasteiger partial charge in [0.05, 0.1) is 12.6 Å². The number of anilines is 1. The number of aliphatic hydroxyl groups is 1. The second-order valence-electron chi connectivity index (χ2n) is 5.57. The Bertz CT molecular complexity index is 501. The van der Waals surface area contributed by atoms with Crippen LogP contribution in [0, 0.1) is 12.7 Å². The minimum atomic E-state index is -0.794. The second kappa shape index (κ2) is 7.41. The Morgan fingerprint density at radius 3 is 2.48 bits per heavy atom. The van der Waals surface area contributed by atoms with Gasteiger partial charge in [0.15, 0.2) is 0 Å². The van der Waals surface area contributed by atoms with Gasteiger partial charge in [-0.05, 0) is 52.3 Å². The monoisotopic (exact) mass is 296 g/mol. The number of hydrogen-bond acceptors (Lipinski definition) is 3. The number of aryl methyl sites for hydroxylation is 1. The molecule has 0 bridgehead atoms. The molecule has 0 aliphatic heterocycles. The highest BCUT2D eigenvalue weighted by Gasteiger charge is 2.18. The topological polar surface area (TPSA) is 52.6 Å². The molecule has 0 radical (unpaired) electrons. The van der Waals surface area contributed by atoms with E-state index < -0.39 is 6.10 Å². The van der Waals surface area contributed by atoms with E-state index in [9.17, 15) is 14.3 Å². The van der Waals surface area contributed by atoms with Crippen LogP contribution in [0.2, 0.25) is 0 Å². The molecule has 1 aromatic rings. The molecule has 0 aromatic heterocycles. The van der Waals surface area contributed by atoms with Crippen LogP contribution in [-0.2, 0) is 4.79 Å². The highest BCUT2D eigenvalue weighted by molar-refractivity contribution is 5.82. The molecule has 0 heterocycles. The van der Waals surface area contributed by atoms with Crippen molar-refractivity contribution in [3.8, 4) is 0 Å². The van der Waals surface area contributed by atoms with Crippen molar-refractivity contribution >= 4 is 11.6 Å². The highest BCUT2D eigenvalue weighted by atomic mass is 19.1. The van der Waals surface area contributed by atoms with Crippen LogP contribution in [0.15, 0.2) is 12.1 Å². The van der Waals surface area contributed by atoms with Crippen molar-refractivity contribution in [3.63, 3.8) is 0 Å². The Hall–Kier alpha value is -1.62. The Balaban J connectivity index is 3.09. The molecule has 0 aliphatic carbocycles. The van der Waals surface area contributed by atoms with Gasteiger partial charge in [-0.1, -0.05) is 0 Å². The van der Waals surface area contributed by atoms with E-state index in [1.54, 1.807) is 19.9 Å². The van der Waals surface area contributed by atoms with Gasteiger partial charge in [0, 0.05) is 23.8 Å². The maximum atomic E-state index is 13.7. The summed E-state index contributed by atoms with van der Waals surface area (Å²) in [7, 11) is 0. The number of halogens is 1. The average Bonchev–Trinajstić information content (AvgIpc) is 2.37. The van der Waals surface area contributed by atoms with E-state index >= 15 is 0 Å². The van der Waals surface area contributed by atoms with Crippen molar-refractivity contribution in [2.45, 2.75) is 46.8 Å². The molecule has 0 saturated heterocycles. The fourth-order valence-corrected chi connectivity index (χ4v) is 2.20. The largest absolute Gasteiger partial charge is 0.389 e. The zero-order valence-electron chi connectivity index (χ0n) is 13.4. The van der Waals surface area contributed by atoms with E-state index in [1.807, 2.05) is 25.7 Å². The minimum absolute atomic E-state index is 0.0717. The van der Waals surface area contributed by atoms with Gasteiger partial charge >= 0.3 is 0 Å². The van der Waals surface area contributed by atoms with Gasteiger partial charge < -0.3 is 15.3 Å². The van der Waals surface area contributed by atoms with E-state index in [0.29, 0.717) is 23.4 Å². The molecule has 21 heavy (non-hydrogen) atoms. The van der Waals surface area contributed by atoms with Gasteiger partial charge in [-0.15, -0.1) is 0 Å². The number of likely N-dealkylation sites (N-methyl/N-ethyl adjacent to an activating group) is 1. The molecule has 1 amide bonds. The molecule has 0 unspecified atom stereocenters. The molecular weight excluding hydrogens is 271 g/mol. The summed E-state index contributed by atoms with van der Waals surface area (Å²) >= 11 is 0. The number of carbonyl (C=O) groups excluding carboxylic acids is 1. The molecule has 2 N–H and O–H groups in total. The molecule has 0 aliphatic rings. The number of rotatable bonds is 6. The SMILES string of the molecule is CCN(CC(=O)NC(C)C)c1cc(C)c(F)cc1[C@H](C)O. The molecular formula is C16H25FN2O2. The van der Waals surface area contributed by atoms with Crippen LogP contribution in [0.25, 0.3) is 0 Å². The van der Waals surface area contributed by atoms with Crippen LogP contribution in [0.4, 0.5) is 10.1 Å². The van der Waals surface area contributed by atoms with Gasteiger partial charge in [0.1, 0.15) is 5.82 Å². The summed E-state index contributed by atoms with van der Waals surface area (Å²) in [5, 5.41) is 12.7. The minimum Gasteiger partial charge on any atom is -0.389 e. The summed E-state index contributed by atoms with van der Waals surface area (Å²) < 4.78 is 13.7. The number of amides is 1. The summed E-state index contributed by atoms with van der Waals surface area (Å²) in [6.07, 6.45) is -0.794.